The fourth-order valence-corrected chi connectivity index (χ4v) is 30.0. The summed E-state index contributed by atoms with van der Waals surface area (Å²) in [5, 5.41) is 1.38. The Morgan fingerprint density at radius 3 is 1.81 bits per heavy atom. The van der Waals surface area contributed by atoms with Gasteiger partial charge in [0.2, 0.25) is 0 Å². The van der Waals surface area contributed by atoms with Crippen molar-refractivity contribution in [2.75, 3.05) is 0 Å². The van der Waals surface area contributed by atoms with Crippen molar-refractivity contribution in [3.05, 3.63) is 107 Å². The van der Waals surface area contributed by atoms with E-state index in [-0.39, 0.29) is 7.25 Å². The van der Waals surface area contributed by atoms with Gasteiger partial charge in [-0.2, -0.15) is 0 Å². The molecule has 0 N–H and O–H groups in total. The molecule has 0 aliphatic heterocycles. The van der Waals surface area contributed by atoms with Crippen LogP contribution in [0.15, 0.2) is 84.9 Å². The second kappa shape index (κ2) is 9.74. The molecular weight excluding hydrogens is 653 g/mol. The first-order chi connectivity index (χ1) is 15.4. The van der Waals surface area contributed by atoms with Gasteiger partial charge in [-0.25, -0.2) is 0 Å². The zero-order chi connectivity index (χ0) is 22.3. The van der Waals surface area contributed by atoms with Gasteiger partial charge < -0.3 is 0 Å². The Balaban J connectivity index is 1.29. The topological polar surface area (TPSA) is 0 Å². The van der Waals surface area contributed by atoms with E-state index in [0.29, 0.717) is 0 Å². The van der Waals surface area contributed by atoms with E-state index in [1.165, 1.54) is 27.4 Å². The van der Waals surface area contributed by atoms with Gasteiger partial charge in [0.05, 0.1) is 0 Å². The van der Waals surface area contributed by atoms with E-state index >= 15 is 0 Å². The van der Waals surface area contributed by atoms with Crippen molar-refractivity contribution in [3.63, 3.8) is 0 Å². The molecule has 0 amide bonds. The minimum atomic E-state index is -3.59. The first-order valence-corrected chi connectivity index (χ1v) is 30.9. The number of fused-ring (bicyclic) bond motifs is 2. The Hall–Kier alpha value is 0.283. The van der Waals surface area contributed by atoms with Gasteiger partial charge in [-0.05, 0) is 0 Å². The Kier molecular flexibility index (Phi) is 7.30. The van der Waals surface area contributed by atoms with Gasteiger partial charge in [0, 0.05) is 0 Å². The number of hydrogen-bond acceptors (Lipinski definition) is 0. The molecule has 0 nitrogen and oxygen atoms in total. The van der Waals surface area contributed by atoms with Gasteiger partial charge in [0.1, 0.15) is 0 Å². The third-order valence-electron chi connectivity index (χ3n) is 6.53. The molecule has 0 radical (unpaired) electrons. The predicted octanol–water partition coefficient (Wildman–Crippen LogP) is 6.94. The molecule has 5 rings (SSSR count). The summed E-state index contributed by atoms with van der Waals surface area (Å²) in [6, 6.07) is 25.6. The molecule has 0 saturated carbocycles. The second-order valence-electron chi connectivity index (χ2n) is 8.51. The Labute approximate surface area is 215 Å². The summed E-state index contributed by atoms with van der Waals surface area (Å²) in [6.45, 7) is 0. The molecule has 3 aromatic rings. The molecule has 2 aliphatic carbocycles. The van der Waals surface area contributed by atoms with E-state index in [1.807, 2.05) is 0 Å². The number of allylic oxidation sites excluding steroid dienone is 2. The van der Waals surface area contributed by atoms with E-state index in [2.05, 4.69) is 97.1 Å². The van der Waals surface area contributed by atoms with Crippen molar-refractivity contribution in [3.8, 4) is 0 Å². The number of hydrogen-bond donors (Lipinski definition) is 0. The van der Waals surface area contributed by atoms with Crippen LogP contribution in [0.25, 0.3) is 12.2 Å². The van der Waals surface area contributed by atoms with Crippen LogP contribution < -0.4 is 8.46 Å². The Morgan fingerprint density at radius 1 is 0.656 bits per heavy atom. The molecule has 0 fully saturated rings. The van der Waals surface area contributed by atoms with Crippen LogP contribution in [0.1, 0.15) is 29.5 Å². The maximum atomic E-state index is 7.13. The summed E-state index contributed by atoms with van der Waals surface area (Å²) in [4.78, 5) is 0. The molecular formula is C25H22Cl4SiZr2. The fourth-order valence-electron chi connectivity index (χ4n) is 4.72. The van der Waals surface area contributed by atoms with Crippen LogP contribution in [0.3, 0.4) is 0 Å². The minimum absolute atomic E-state index is 0.149. The first-order valence-electron chi connectivity index (χ1n) is 10.8. The van der Waals surface area contributed by atoms with Gasteiger partial charge in [0.25, 0.3) is 0 Å². The van der Waals surface area contributed by atoms with Crippen LogP contribution >= 0.6 is 34.1 Å². The number of halogens is 4. The average molecular weight is 675 g/mol. The summed E-state index contributed by atoms with van der Waals surface area (Å²) in [6.07, 6.45) is 8.76. The van der Waals surface area contributed by atoms with Crippen molar-refractivity contribution < 1.29 is 35.8 Å². The molecule has 7 heteroatoms. The maximum absolute atomic E-state index is 7.13. The summed E-state index contributed by atoms with van der Waals surface area (Å²) in [7, 11) is 27.9. The van der Waals surface area contributed by atoms with Gasteiger partial charge in [-0.1, -0.05) is 0 Å². The monoisotopic (exact) mass is 670 g/mol. The van der Waals surface area contributed by atoms with Gasteiger partial charge >= 0.3 is 218 Å². The molecule has 2 unspecified atom stereocenters. The van der Waals surface area contributed by atoms with Crippen LogP contribution in [0.2, 0.25) is 3.75 Å². The first kappa shape index (κ1) is 24.0. The van der Waals surface area contributed by atoms with E-state index in [0.717, 1.165) is 7.02 Å². The average Bonchev–Trinajstić information content (AvgIpc) is 3.43. The van der Waals surface area contributed by atoms with Gasteiger partial charge in [-0.15, -0.1) is 0 Å². The molecule has 2 aliphatic rings. The molecule has 3 aromatic carbocycles. The van der Waals surface area contributed by atoms with Crippen LogP contribution in [0, 0.1) is 0 Å². The number of benzene rings is 3. The summed E-state index contributed by atoms with van der Waals surface area (Å²) in [5.41, 5.74) is 5.08. The molecule has 0 aromatic heterocycles. The van der Waals surface area contributed by atoms with Crippen molar-refractivity contribution in [1.29, 1.82) is 0 Å². The zero-order valence-electron chi connectivity index (χ0n) is 17.3. The molecule has 0 saturated heterocycles. The molecule has 2 atom stereocenters. The molecule has 0 heterocycles. The SMILES string of the molecule is [Cl][Zr]([Cl])([CH2][SiH2]c1cc[c]([Zr]([Cl])([Cl])[CH]2C=Cc3ccccc32)cc1)[CH]1C=Cc2ccccc21. The van der Waals surface area contributed by atoms with Crippen molar-refractivity contribution >= 4 is 64.2 Å². The van der Waals surface area contributed by atoms with E-state index < -0.39 is 45.3 Å². The summed E-state index contributed by atoms with van der Waals surface area (Å²) >= 11 is -6.88. The molecule has 0 bridgehead atoms. The Bertz CT molecular complexity index is 1200. The van der Waals surface area contributed by atoms with Gasteiger partial charge in [0.15, 0.2) is 0 Å². The number of rotatable bonds is 6. The standard InChI is InChI=1S/2C9H7.C7H8Si.4ClH.2Zr/c2*1-2-5-9-7-3-6-8(9)4-1;1-8-7-5-3-2-4-6-7;;;;;;/h2*1-7H;3-6H,1,8H2;4*1H;;/q;;;;;;;2*+2/p-4. The third-order valence-corrected chi connectivity index (χ3v) is 39.5. The fraction of sp³-hybridized carbons (Fsp3) is 0.120. The quantitative estimate of drug-likeness (QED) is 0.249. The van der Waals surface area contributed by atoms with E-state index in [9.17, 15) is 0 Å². The van der Waals surface area contributed by atoms with E-state index in [4.69, 9.17) is 34.1 Å². The predicted molar refractivity (Wildman–Crippen MR) is 139 cm³/mol. The van der Waals surface area contributed by atoms with Crippen molar-refractivity contribution in [2.45, 2.75) is 11.0 Å². The van der Waals surface area contributed by atoms with E-state index in [1.54, 1.807) is 0 Å². The zero-order valence-corrected chi connectivity index (χ0v) is 26.7. The molecule has 0 spiro atoms. The normalized spacial score (nSPS) is 19.6. The second-order valence-corrected chi connectivity index (χ2v) is 42.6. The molecule has 162 valence electrons. The molecule has 32 heavy (non-hydrogen) atoms. The third kappa shape index (κ3) is 4.71. The van der Waals surface area contributed by atoms with Gasteiger partial charge in [-0.3, -0.25) is 0 Å². The Morgan fingerprint density at radius 2 is 1.19 bits per heavy atom. The van der Waals surface area contributed by atoms with Crippen LogP contribution in [0.4, 0.5) is 0 Å². The van der Waals surface area contributed by atoms with Crippen LogP contribution in [0.5, 0.6) is 0 Å². The van der Waals surface area contributed by atoms with Crippen molar-refractivity contribution in [1.82, 2.24) is 0 Å². The summed E-state index contributed by atoms with van der Waals surface area (Å²) in [5.74, 6) is 0. The van der Waals surface area contributed by atoms with Crippen LogP contribution in [-0.2, 0) is 35.8 Å². The summed E-state index contributed by atoms with van der Waals surface area (Å²) < 4.78 is 2.54. The van der Waals surface area contributed by atoms with Crippen LogP contribution in [-0.4, -0.2) is 9.52 Å². The van der Waals surface area contributed by atoms with Crippen molar-refractivity contribution in [2.24, 2.45) is 0 Å².